The topological polar surface area (TPSA) is 59.2 Å². The van der Waals surface area contributed by atoms with Crippen LogP contribution in [-0.2, 0) is 0 Å². The smallest absolute Gasteiger partial charge is 0.257 e. The third-order valence-corrected chi connectivity index (χ3v) is 3.62. The van der Waals surface area contributed by atoms with Gasteiger partial charge in [0.1, 0.15) is 0 Å². The van der Waals surface area contributed by atoms with E-state index < -0.39 is 5.82 Å². The second-order valence-corrected chi connectivity index (χ2v) is 4.78. The molecule has 5 heteroatoms. The maximum Gasteiger partial charge on any atom is 0.257 e. The van der Waals surface area contributed by atoms with Gasteiger partial charge >= 0.3 is 0 Å². The molecule has 1 aliphatic rings. The molecule has 0 spiro atoms. The summed E-state index contributed by atoms with van der Waals surface area (Å²) < 4.78 is 13.6. The lowest BCUT2D eigenvalue weighted by Crippen LogP contribution is -2.51. The summed E-state index contributed by atoms with van der Waals surface area (Å²) in [5.41, 5.74) is 5.82. The van der Waals surface area contributed by atoms with Crippen LogP contribution in [0.25, 0.3) is 0 Å². The van der Waals surface area contributed by atoms with Gasteiger partial charge in [0.25, 0.3) is 5.91 Å². The van der Waals surface area contributed by atoms with Crippen LogP contribution in [-0.4, -0.2) is 34.9 Å². The Bertz CT molecular complexity index is 438. The van der Waals surface area contributed by atoms with Gasteiger partial charge in [0.15, 0.2) is 5.82 Å². The Morgan fingerprint density at radius 3 is 3.11 bits per heavy atom. The molecule has 1 aromatic rings. The normalized spacial score (nSPS) is 24.1. The molecule has 2 N–H and O–H groups in total. The second kappa shape index (κ2) is 5.44. The molecule has 1 fully saturated rings. The SMILES string of the molecule is CC1CCCN(C(=O)c2ccncc2F)C1CN. The number of rotatable bonds is 2. The number of nitrogens with two attached hydrogens (primary N) is 1. The van der Waals surface area contributed by atoms with Crippen molar-refractivity contribution in [2.45, 2.75) is 25.8 Å². The highest BCUT2D eigenvalue weighted by Gasteiger charge is 2.32. The number of aromatic nitrogens is 1. The molecule has 2 rings (SSSR count). The molecule has 4 nitrogen and oxygen atoms in total. The van der Waals surface area contributed by atoms with Crippen LogP contribution in [0, 0.1) is 11.7 Å². The first-order chi connectivity index (χ1) is 8.65. The van der Waals surface area contributed by atoms with Gasteiger partial charge in [-0.3, -0.25) is 9.78 Å². The number of amides is 1. The van der Waals surface area contributed by atoms with Crippen molar-refractivity contribution in [2.24, 2.45) is 11.7 Å². The number of carbonyl (C=O) groups excluding carboxylic acids is 1. The van der Waals surface area contributed by atoms with Crippen LogP contribution in [0.5, 0.6) is 0 Å². The van der Waals surface area contributed by atoms with Gasteiger partial charge in [-0.2, -0.15) is 0 Å². The second-order valence-electron chi connectivity index (χ2n) is 4.78. The Morgan fingerprint density at radius 1 is 1.67 bits per heavy atom. The Labute approximate surface area is 106 Å². The zero-order valence-electron chi connectivity index (χ0n) is 10.5. The average Bonchev–Trinajstić information content (AvgIpc) is 2.38. The molecule has 1 aliphatic heterocycles. The summed E-state index contributed by atoms with van der Waals surface area (Å²) in [6.07, 6.45) is 4.50. The average molecular weight is 251 g/mol. The van der Waals surface area contributed by atoms with E-state index in [1.165, 1.54) is 12.3 Å². The number of piperidine rings is 1. The summed E-state index contributed by atoms with van der Waals surface area (Å²) in [6, 6.07) is 1.42. The monoisotopic (exact) mass is 251 g/mol. The lowest BCUT2D eigenvalue weighted by Gasteiger charge is -2.39. The molecule has 2 atom stereocenters. The van der Waals surface area contributed by atoms with Gasteiger partial charge in [-0.15, -0.1) is 0 Å². The van der Waals surface area contributed by atoms with Crippen molar-refractivity contribution in [3.63, 3.8) is 0 Å². The number of halogens is 1. The Balaban J connectivity index is 2.25. The van der Waals surface area contributed by atoms with Crippen LogP contribution in [0.1, 0.15) is 30.1 Å². The van der Waals surface area contributed by atoms with Gasteiger partial charge in [-0.05, 0) is 24.8 Å². The fourth-order valence-corrected chi connectivity index (χ4v) is 2.56. The van der Waals surface area contributed by atoms with Crippen molar-refractivity contribution in [3.8, 4) is 0 Å². The zero-order chi connectivity index (χ0) is 13.1. The number of pyridine rings is 1. The molecule has 18 heavy (non-hydrogen) atoms. The lowest BCUT2D eigenvalue weighted by atomic mass is 9.90. The minimum Gasteiger partial charge on any atom is -0.334 e. The molecule has 0 aliphatic carbocycles. The van der Waals surface area contributed by atoms with Crippen molar-refractivity contribution in [1.82, 2.24) is 9.88 Å². The van der Waals surface area contributed by atoms with E-state index in [0.717, 1.165) is 19.0 Å². The van der Waals surface area contributed by atoms with E-state index in [-0.39, 0.29) is 17.5 Å². The standard InChI is InChI=1S/C13H18FN3O/c1-9-3-2-6-17(12(9)7-15)13(18)10-4-5-16-8-11(10)14/h4-5,8-9,12H,2-3,6-7,15H2,1H3. The van der Waals surface area contributed by atoms with E-state index in [2.05, 4.69) is 11.9 Å². The Hall–Kier alpha value is -1.49. The van der Waals surface area contributed by atoms with Crippen molar-refractivity contribution in [2.75, 3.05) is 13.1 Å². The number of hydrogen-bond acceptors (Lipinski definition) is 3. The highest BCUT2D eigenvalue weighted by atomic mass is 19.1. The summed E-state index contributed by atoms with van der Waals surface area (Å²) in [7, 11) is 0. The van der Waals surface area contributed by atoms with Gasteiger partial charge in [-0.1, -0.05) is 6.92 Å². The summed E-state index contributed by atoms with van der Waals surface area (Å²) in [4.78, 5) is 17.7. The number of hydrogen-bond donors (Lipinski definition) is 1. The number of carbonyl (C=O) groups is 1. The lowest BCUT2D eigenvalue weighted by molar-refractivity contribution is 0.0527. The fraction of sp³-hybridized carbons (Fsp3) is 0.538. The predicted octanol–water partition coefficient (Wildman–Crippen LogP) is 1.42. The van der Waals surface area contributed by atoms with Crippen molar-refractivity contribution in [3.05, 3.63) is 29.8 Å². The van der Waals surface area contributed by atoms with Gasteiger partial charge in [0, 0.05) is 25.3 Å². The maximum absolute atomic E-state index is 13.6. The minimum absolute atomic E-state index is 0.00110. The van der Waals surface area contributed by atoms with E-state index in [1.807, 2.05) is 0 Å². The van der Waals surface area contributed by atoms with E-state index in [4.69, 9.17) is 5.73 Å². The molecule has 0 radical (unpaired) electrons. The van der Waals surface area contributed by atoms with Crippen LogP contribution in [0.3, 0.4) is 0 Å². The molecule has 1 amide bonds. The molecular formula is C13H18FN3O. The third-order valence-electron chi connectivity index (χ3n) is 3.62. The van der Waals surface area contributed by atoms with Crippen molar-refractivity contribution >= 4 is 5.91 Å². The van der Waals surface area contributed by atoms with E-state index in [1.54, 1.807) is 4.90 Å². The van der Waals surface area contributed by atoms with Crippen LogP contribution in [0.15, 0.2) is 18.5 Å². The summed E-state index contributed by atoms with van der Waals surface area (Å²) in [6.45, 7) is 3.15. The molecule has 0 aromatic carbocycles. The van der Waals surface area contributed by atoms with Crippen LogP contribution < -0.4 is 5.73 Å². The molecule has 98 valence electrons. The van der Waals surface area contributed by atoms with Crippen LogP contribution in [0.4, 0.5) is 4.39 Å². The highest BCUT2D eigenvalue weighted by Crippen LogP contribution is 2.24. The predicted molar refractivity (Wildman–Crippen MR) is 66.5 cm³/mol. The van der Waals surface area contributed by atoms with Gasteiger partial charge in [-0.25, -0.2) is 4.39 Å². The van der Waals surface area contributed by atoms with E-state index >= 15 is 0 Å². The number of likely N-dealkylation sites (tertiary alicyclic amines) is 1. The molecule has 2 unspecified atom stereocenters. The third kappa shape index (κ3) is 2.36. The van der Waals surface area contributed by atoms with Crippen molar-refractivity contribution < 1.29 is 9.18 Å². The zero-order valence-corrected chi connectivity index (χ0v) is 10.5. The first-order valence-electron chi connectivity index (χ1n) is 6.25. The highest BCUT2D eigenvalue weighted by molar-refractivity contribution is 5.94. The largest absolute Gasteiger partial charge is 0.334 e. The summed E-state index contributed by atoms with van der Waals surface area (Å²) >= 11 is 0. The van der Waals surface area contributed by atoms with Gasteiger partial charge in [0.05, 0.1) is 11.8 Å². The summed E-state index contributed by atoms with van der Waals surface area (Å²) in [5.74, 6) is -0.494. The van der Waals surface area contributed by atoms with Crippen LogP contribution >= 0.6 is 0 Å². The van der Waals surface area contributed by atoms with Gasteiger partial charge < -0.3 is 10.6 Å². The first-order valence-corrected chi connectivity index (χ1v) is 6.25. The molecule has 2 heterocycles. The van der Waals surface area contributed by atoms with Crippen LogP contribution in [0.2, 0.25) is 0 Å². The van der Waals surface area contributed by atoms with Crippen molar-refractivity contribution in [1.29, 1.82) is 0 Å². The molecule has 1 saturated heterocycles. The van der Waals surface area contributed by atoms with E-state index in [9.17, 15) is 9.18 Å². The first kappa shape index (κ1) is 13.0. The molecule has 1 aromatic heterocycles. The molecular weight excluding hydrogens is 233 g/mol. The molecule has 0 saturated carbocycles. The minimum atomic E-state index is -0.573. The Morgan fingerprint density at radius 2 is 2.44 bits per heavy atom. The number of nitrogens with zero attached hydrogens (tertiary/aromatic N) is 2. The maximum atomic E-state index is 13.6. The quantitative estimate of drug-likeness (QED) is 0.864. The fourth-order valence-electron chi connectivity index (χ4n) is 2.56. The van der Waals surface area contributed by atoms with Gasteiger partial charge in [0.2, 0.25) is 0 Å². The summed E-state index contributed by atoms with van der Waals surface area (Å²) in [5, 5.41) is 0. The van der Waals surface area contributed by atoms with E-state index in [0.29, 0.717) is 19.0 Å². The Kier molecular flexibility index (Phi) is 3.91. The molecule has 0 bridgehead atoms.